The number of likely N-dealkylation sites (tertiary alicyclic amines) is 1. The fraction of sp³-hybridized carbons (Fsp3) is 0.467. The first kappa shape index (κ1) is 16.7. The molecule has 2 rings (SSSR count). The normalized spacial score (nSPS) is 18.6. The predicted molar refractivity (Wildman–Crippen MR) is 92.4 cm³/mol. The van der Waals surface area contributed by atoms with Gasteiger partial charge in [0.05, 0.1) is 5.56 Å². The van der Waals surface area contributed by atoms with Crippen LogP contribution in [0.15, 0.2) is 22.7 Å². The highest BCUT2D eigenvalue weighted by Crippen LogP contribution is 2.26. The topological polar surface area (TPSA) is 57.6 Å². The summed E-state index contributed by atoms with van der Waals surface area (Å²) in [5.41, 5.74) is 0.687. The highest BCUT2D eigenvalue weighted by atomic mass is 127. The van der Waals surface area contributed by atoms with Gasteiger partial charge in [-0.2, -0.15) is 0 Å². The number of carboxylic acid groups (broad SMARTS) is 1. The van der Waals surface area contributed by atoms with Crippen molar-refractivity contribution in [1.29, 1.82) is 0 Å². The summed E-state index contributed by atoms with van der Waals surface area (Å²) < 4.78 is 1.80. The van der Waals surface area contributed by atoms with E-state index in [-0.39, 0.29) is 18.4 Å². The van der Waals surface area contributed by atoms with Gasteiger partial charge in [0.15, 0.2) is 0 Å². The highest BCUT2D eigenvalue weighted by Gasteiger charge is 2.28. The summed E-state index contributed by atoms with van der Waals surface area (Å²) in [5, 5.41) is 8.86. The van der Waals surface area contributed by atoms with Crippen molar-refractivity contribution in [2.45, 2.75) is 38.1 Å². The van der Waals surface area contributed by atoms with E-state index in [1.165, 1.54) is 0 Å². The molecule has 0 bridgehead atoms. The van der Waals surface area contributed by atoms with Gasteiger partial charge in [-0.3, -0.25) is 9.59 Å². The molecular weight excluding hydrogens is 449 g/mol. The van der Waals surface area contributed by atoms with E-state index < -0.39 is 5.97 Å². The summed E-state index contributed by atoms with van der Waals surface area (Å²) >= 11 is 5.57. The largest absolute Gasteiger partial charge is 0.481 e. The van der Waals surface area contributed by atoms with E-state index in [1.54, 1.807) is 0 Å². The molecule has 1 unspecified atom stereocenters. The Labute approximate surface area is 146 Å². The molecule has 1 aromatic carbocycles. The van der Waals surface area contributed by atoms with Gasteiger partial charge in [0.25, 0.3) is 5.91 Å². The first-order valence-corrected chi connectivity index (χ1v) is 8.84. The molecule has 1 N–H and O–H groups in total. The molecule has 114 valence electrons. The number of hydrogen-bond donors (Lipinski definition) is 1. The van der Waals surface area contributed by atoms with Gasteiger partial charge < -0.3 is 10.0 Å². The van der Waals surface area contributed by atoms with Crippen LogP contribution in [0.25, 0.3) is 0 Å². The van der Waals surface area contributed by atoms with Gasteiger partial charge in [0, 0.05) is 27.1 Å². The van der Waals surface area contributed by atoms with Crippen molar-refractivity contribution < 1.29 is 14.7 Å². The molecule has 0 aromatic heterocycles. The maximum atomic E-state index is 12.8. The quantitative estimate of drug-likeness (QED) is 0.686. The standard InChI is InChI=1S/C15H17BrINO3/c16-10-4-6-13(17)12(9-10)15(21)18-8-2-1-3-11(18)5-7-14(19)20/h4,6,9,11H,1-3,5,7-8H2,(H,19,20). The first-order valence-electron chi connectivity index (χ1n) is 6.97. The van der Waals surface area contributed by atoms with E-state index >= 15 is 0 Å². The lowest BCUT2D eigenvalue weighted by molar-refractivity contribution is -0.137. The number of rotatable bonds is 4. The Kier molecular flexibility index (Phi) is 6.04. The number of amides is 1. The number of nitrogens with zero attached hydrogens (tertiary/aromatic N) is 1. The van der Waals surface area contributed by atoms with E-state index in [4.69, 9.17) is 5.11 Å². The van der Waals surface area contributed by atoms with E-state index in [0.29, 0.717) is 18.5 Å². The molecule has 1 aliphatic rings. The molecule has 1 atom stereocenters. The monoisotopic (exact) mass is 465 g/mol. The summed E-state index contributed by atoms with van der Waals surface area (Å²) in [5.74, 6) is -0.791. The summed E-state index contributed by atoms with van der Waals surface area (Å²) in [6, 6.07) is 5.70. The van der Waals surface area contributed by atoms with Crippen molar-refractivity contribution >= 4 is 50.4 Å². The maximum Gasteiger partial charge on any atom is 0.303 e. The molecule has 0 saturated carbocycles. The lowest BCUT2D eigenvalue weighted by Gasteiger charge is -2.36. The minimum absolute atomic E-state index is 0.00999. The predicted octanol–water partition coefficient (Wildman–Crippen LogP) is 3.91. The maximum absolute atomic E-state index is 12.8. The number of benzene rings is 1. The summed E-state index contributed by atoms with van der Waals surface area (Å²) in [6.45, 7) is 0.714. The fourth-order valence-electron chi connectivity index (χ4n) is 2.67. The number of carbonyl (C=O) groups excluding carboxylic acids is 1. The van der Waals surface area contributed by atoms with Gasteiger partial charge in [0.2, 0.25) is 0 Å². The number of carboxylic acids is 1. The Morgan fingerprint density at radius 3 is 2.86 bits per heavy atom. The third-order valence-electron chi connectivity index (χ3n) is 3.74. The minimum Gasteiger partial charge on any atom is -0.481 e. The Morgan fingerprint density at radius 1 is 1.38 bits per heavy atom. The zero-order valence-corrected chi connectivity index (χ0v) is 15.3. The van der Waals surface area contributed by atoms with Gasteiger partial charge in [-0.05, 0) is 66.5 Å². The van der Waals surface area contributed by atoms with Gasteiger partial charge in [0.1, 0.15) is 0 Å². The Morgan fingerprint density at radius 2 is 2.14 bits per heavy atom. The molecule has 4 nitrogen and oxygen atoms in total. The second-order valence-corrected chi connectivity index (χ2v) is 7.28. The molecule has 1 fully saturated rings. The summed E-state index contributed by atoms with van der Waals surface area (Å²) in [4.78, 5) is 25.4. The lowest BCUT2D eigenvalue weighted by atomic mass is 9.97. The molecule has 1 aromatic rings. The number of hydrogen-bond acceptors (Lipinski definition) is 2. The van der Waals surface area contributed by atoms with E-state index in [0.717, 1.165) is 27.3 Å². The van der Waals surface area contributed by atoms with Gasteiger partial charge >= 0.3 is 5.97 Å². The van der Waals surface area contributed by atoms with Crippen LogP contribution in [0.3, 0.4) is 0 Å². The van der Waals surface area contributed by atoms with Gasteiger partial charge in [-0.1, -0.05) is 15.9 Å². The molecule has 1 saturated heterocycles. The molecule has 1 heterocycles. The smallest absolute Gasteiger partial charge is 0.303 e. The van der Waals surface area contributed by atoms with Crippen LogP contribution in [0, 0.1) is 3.57 Å². The fourth-order valence-corrected chi connectivity index (χ4v) is 3.60. The van der Waals surface area contributed by atoms with Gasteiger partial charge in [-0.15, -0.1) is 0 Å². The lowest BCUT2D eigenvalue weighted by Crippen LogP contribution is -2.44. The number of carbonyl (C=O) groups is 2. The molecule has 6 heteroatoms. The van der Waals surface area contributed by atoms with Crippen molar-refractivity contribution in [1.82, 2.24) is 4.90 Å². The van der Waals surface area contributed by atoms with Crippen LogP contribution in [0.5, 0.6) is 0 Å². The van der Waals surface area contributed by atoms with Gasteiger partial charge in [-0.25, -0.2) is 0 Å². The molecule has 21 heavy (non-hydrogen) atoms. The van der Waals surface area contributed by atoms with E-state index in [1.807, 2.05) is 23.1 Å². The Bertz CT molecular complexity index is 550. The first-order chi connectivity index (χ1) is 9.99. The van der Waals surface area contributed by atoms with Crippen molar-refractivity contribution in [3.63, 3.8) is 0 Å². The van der Waals surface area contributed by atoms with Crippen molar-refractivity contribution in [3.05, 3.63) is 31.8 Å². The van der Waals surface area contributed by atoms with Crippen molar-refractivity contribution in [2.24, 2.45) is 0 Å². The average molecular weight is 466 g/mol. The summed E-state index contributed by atoms with van der Waals surface area (Å²) in [6.07, 6.45) is 3.59. The second-order valence-electron chi connectivity index (χ2n) is 5.20. The summed E-state index contributed by atoms with van der Waals surface area (Å²) in [7, 11) is 0. The molecule has 0 aliphatic carbocycles. The van der Waals surface area contributed by atoms with Crippen LogP contribution in [-0.2, 0) is 4.79 Å². The number of aliphatic carboxylic acids is 1. The van der Waals surface area contributed by atoms with Crippen LogP contribution in [-0.4, -0.2) is 34.5 Å². The van der Waals surface area contributed by atoms with Crippen molar-refractivity contribution in [3.8, 4) is 0 Å². The van der Waals surface area contributed by atoms with Crippen LogP contribution in [0.4, 0.5) is 0 Å². The molecule has 0 radical (unpaired) electrons. The molecular formula is C15H17BrINO3. The van der Waals surface area contributed by atoms with Crippen LogP contribution < -0.4 is 0 Å². The van der Waals surface area contributed by atoms with E-state index in [9.17, 15) is 9.59 Å². The highest BCUT2D eigenvalue weighted by molar-refractivity contribution is 14.1. The average Bonchev–Trinajstić information content (AvgIpc) is 2.47. The van der Waals surface area contributed by atoms with Crippen molar-refractivity contribution in [2.75, 3.05) is 6.54 Å². The van der Waals surface area contributed by atoms with Crippen LogP contribution >= 0.6 is 38.5 Å². The Hall–Kier alpha value is -0.630. The zero-order chi connectivity index (χ0) is 15.4. The number of halogens is 2. The third kappa shape index (κ3) is 4.42. The third-order valence-corrected chi connectivity index (χ3v) is 5.17. The SMILES string of the molecule is O=C(O)CCC1CCCCN1C(=O)c1cc(Br)ccc1I. The molecule has 1 aliphatic heterocycles. The van der Waals surface area contributed by atoms with Crippen LogP contribution in [0.2, 0.25) is 0 Å². The second kappa shape index (κ2) is 7.58. The minimum atomic E-state index is -0.801. The molecule has 0 spiro atoms. The Balaban J connectivity index is 2.18. The number of piperidine rings is 1. The zero-order valence-electron chi connectivity index (χ0n) is 11.5. The van der Waals surface area contributed by atoms with E-state index in [2.05, 4.69) is 38.5 Å². The van der Waals surface area contributed by atoms with Crippen LogP contribution in [0.1, 0.15) is 42.5 Å². The molecule has 1 amide bonds.